The Morgan fingerprint density at radius 1 is 1.17 bits per heavy atom. The molecule has 3 aromatic rings. The van der Waals surface area contributed by atoms with Gasteiger partial charge in [0.15, 0.2) is 0 Å². The average Bonchev–Trinajstić information content (AvgIpc) is 3.21. The SMILES string of the molecule is O=S1(=O)NC(=NCc2ccc(-n3ccnc3)nc2)c2ccccc21. The maximum Gasteiger partial charge on any atom is 0.263 e. The molecule has 1 aliphatic rings. The number of hydrogen-bond acceptors (Lipinski definition) is 5. The second-order valence-corrected chi connectivity index (χ2v) is 6.91. The standard InChI is InChI=1S/C16H13N5O2S/c22-24(23)14-4-2-1-3-13(14)16(20-24)19-10-12-5-6-15(18-9-12)21-8-7-17-11-21/h1-9,11H,10H2,(H,19,20). The van der Waals surface area contributed by atoms with Gasteiger partial charge in [0.1, 0.15) is 18.0 Å². The van der Waals surface area contributed by atoms with Crippen LogP contribution in [0.3, 0.4) is 0 Å². The van der Waals surface area contributed by atoms with E-state index >= 15 is 0 Å². The van der Waals surface area contributed by atoms with Gasteiger partial charge in [-0.1, -0.05) is 18.2 Å². The minimum Gasteiger partial charge on any atom is -0.291 e. The Morgan fingerprint density at radius 2 is 2.04 bits per heavy atom. The van der Waals surface area contributed by atoms with E-state index in [-0.39, 0.29) is 4.90 Å². The van der Waals surface area contributed by atoms with Crippen molar-refractivity contribution >= 4 is 15.9 Å². The van der Waals surface area contributed by atoms with E-state index in [1.54, 1.807) is 47.6 Å². The van der Waals surface area contributed by atoms with Gasteiger partial charge in [0.2, 0.25) is 0 Å². The fourth-order valence-electron chi connectivity index (χ4n) is 2.48. The van der Waals surface area contributed by atoms with E-state index in [2.05, 4.69) is 19.7 Å². The normalized spacial score (nSPS) is 16.8. The monoisotopic (exact) mass is 339 g/mol. The third kappa shape index (κ3) is 2.56. The first-order chi connectivity index (χ1) is 11.6. The van der Waals surface area contributed by atoms with Gasteiger partial charge < -0.3 is 0 Å². The predicted octanol–water partition coefficient (Wildman–Crippen LogP) is 1.51. The van der Waals surface area contributed by atoms with Crippen LogP contribution < -0.4 is 4.72 Å². The predicted molar refractivity (Wildman–Crippen MR) is 88.4 cm³/mol. The molecule has 0 fully saturated rings. The highest BCUT2D eigenvalue weighted by atomic mass is 32.2. The summed E-state index contributed by atoms with van der Waals surface area (Å²) in [5.74, 6) is 1.13. The van der Waals surface area contributed by atoms with Crippen molar-refractivity contribution < 1.29 is 8.42 Å². The Labute approximate surface area is 138 Å². The molecule has 0 saturated heterocycles. The number of amidine groups is 1. The van der Waals surface area contributed by atoms with Gasteiger partial charge in [-0.3, -0.25) is 14.3 Å². The first-order valence-electron chi connectivity index (χ1n) is 7.23. The quantitative estimate of drug-likeness (QED) is 0.783. The molecular formula is C16H13N5O2S. The van der Waals surface area contributed by atoms with Gasteiger partial charge >= 0.3 is 0 Å². The Kier molecular flexibility index (Phi) is 3.39. The summed E-state index contributed by atoms with van der Waals surface area (Å²) in [5, 5.41) is 0. The van der Waals surface area contributed by atoms with Crippen molar-refractivity contribution in [1.29, 1.82) is 0 Å². The van der Waals surface area contributed by atoms with Gasteiger partial charge in [-0.05, 0) is 23.8 Å². The molecule has 24 heavy (non-hydrogen) atoms. The molecule has 0 spiro atoms. The molecular weight excluding hydrogens is 326 g/mol. The summed E-state index contributed by atoms with van der Waals surface area (Å²) in [6.45, 7) is 0.337. The molecule has 8 heteroatoms. The van der Waals surface area contributed by atoms with Gasteiger partial charge in [0.25, 0.3) is 10.0 Å². The minimum absolute atomic E-state index is 0.261. The van der Waals surface area contributed by atoms with Gasteiger partial charge in [0.05, 0.1) is 11.4 Å². The Balaban J connectivity index is 1.58. The molecule has 0 atom stereocenters. The van der Waals surface area contributed by atoms with Crippen molar-refractivity contribution in [3.63, 3.8) is 0 Å². The molecule has 0 saturated carbocycles. The highest BCUT2D eigenvalue weighted by Gasteiger charge is 2.29. The summed E-state index contributed by atoms with van der Waals surface area (Å²) >= 11 is 0. The number of benzene rings is 1. The van der Waals surface area contributed by atoms with Crippen molar-refractivity contribution in [1.82, 2.24) is 19.3 Å². The van der Waals surface area contributed by atoms with E-state index in [1.807, 2.05) is 18.3 Å². The zero-order chi connectivity index (χ0) is 16.6. The van der Waals surface area contributed by atoms with Crippen LogP contribution in [-0.2, 0) is 16.6 Å². The number of sulfonamides is 1. The van der Waals surface area contributed by atoms with Crippen LogP contribution in [0.5, 0.6) is 0 Å². The number of nitrogens with zero attached hydrogens (tertiary/aromatic N) is 4. The molecule has 4 rings (SSSR count). The Morgan fingerprint density at radius 3 is 2.79 bits per heavy atom. The van der Waals surface area contributed by atoms with E-state index in [1.165, 1.54) is 0 Å². The van der Waals surface area contributed by atoms with Crippen molar-refractivity contribution in [2.75, 3.05) is 0 Å². The molecule has 3 heterocycles. The summed E-state index contributed by atoms with van der Waals surface area (Å²) in [4.78, 5) is 13.0. The lowest BCUT2D eigenvalue weighted by atomic mass is 10.2. The fraction of sp³-hybridized carbons (Fsp3) is 0.0625. The molecule has 0 radical (unpaired) electrons. The van der Waals surface area contributed by atoms with Crippen LogP contribution in [0.15, 0.2) is 71.2 Å². The number of imidazole rings is 1. The zero-order valence-electron chi connectivity index (χ0n) is 12.5. The summed E-state index contributed by atoms with van der Waals surface area (Å²) in [7, 11) is -3.50. The maximum absolute atomic E-state index is 12.0. The van der Waals surface area contributed by atoms with Crippen LogP contribution in [-0.4, -0.2) is 28.8 Å². The number of nitrogens with one attached hydrogen (secondary N) is 1. The van der Waals surface area contributed by atoms with Crippen LogP contribution in [0.25, 0.3) is 5.82 Å². The lowest BCUT2D eigenvalue weighted by molar-refractivity contribution is 0.595. The van der Waals surface area contributed by atoms with Gasteiger partial charge in [-0.2, -0.15) is 0 Å². The molecule has 0 aliphatic carbocycles. The lowest BCUT2D eigenvalue weighted by Gasteiger charge is -2.03. The summed E-state index contributed by atoms with van der Waals surface area (Å²) in [5.41, 5.74) is 1.48. The maximum atomic E-state index is 12.0. The van der Waals surface area contributed by atoms with Crippen LogP contribution in [0, 0.1) is 0 Å². The third-order valence-corrected chi connectivity index (χ3v) is 5.06. The first-order valence-corrected chi connectivity index (χ1v) is 8.72. The van der Waals surface area contributed by atoms with Crippen molar-refractivity contribution in [3.05, 3.63) is 72.4 Å². The number of pyridine rings is 1. The fourth-order valence-corrected chi connectivity index (χ4v) is 3.73. The number of aliphatic imine (C=N–C) groups is 1. The molecule has 1 N–H and O–H groups in total. The number of fused-ring (bicyclic) bond motifs is 1. The molecule has 0 unspecified atom stereocenters. The van der Waals surface area contributed by atoms with E-state index in [4.69, 9.17) is 0 Å². The zero-order valence-corrected chi connectivity index (χ0v) is 13.3. The summed E-state index contributed by atoms with van der Waals surface area (Å²) < 4.78 is 28.4. The largest absolute Gasteiger partial charge is 0.291 e. The van der Waals surface area contributed by atoms with Crippen molar-refractivity contribution in [2.45, 2.75) is 11.4 Å². The average molecular weight is 339 g/mol. The summed E-state index contributed by atoms with van der Waals surface area (Å²) in [6, 6.07) is 10.6. The number of aromatic nitrogens is 3. The Bertz CT molecular complexity index is 1010. The van der Waals surface area contributed by atoms with E-state index in [0.29, 0.717) is 17.9 Å². The highest BCUT2D eigenvalue weighted by molar-refractivity contribution is 7.90. The van der Waals surface area contributed by atoms with Gasteiger partial charge in [0, 0.05) is 24.2 Å². The topological polar surface area (TPSA) is 89.2 Å². The lowest BCUT2D eigenvalue weighted by Crippen LogP contribution is -2.22. The van der Waals surface area contributed by atoms with Crippen LogP contribution >= 0.6 is 0 Å². The first kappa shape index (κ1) is 14.6. The van der Waals surface area contributed by atoms with Gasteiger partial charge in [-0.15, -0.1) is 0 Å². The van der Waals surface area contributed by atoms with Crippen LogP contribution in [0.1, 0.15) is 11.1 Å². The molecule has 7 nitrogen and oxygen atoms in total. The van der Waals surface area contributed by atoms with Crippen LogP contribution in [0.4, 0.5) is 0 Å². The van der Waals surface area contributed by atoms with Crippen molar-refractivity contribution in [2.24, 2.45) is 4.99 Å². The number of rotatable bonds is 3. The van der Waals surface area contributed by atoms with Gasteiger partial charge in [-0.25, -0.2) is 18.4 Å². The Hall–Kier alpha value is -3.00. The third-order valence-electron chi connectivity index (χ3n) is 3.66. The second-order valence-electron chi connectivity index (χ2n) is 5.26. The van der Waals surface area contributed by atoms with Crippen molar-refractivity contribution in [3.8, 4) is 5.82 Å². The second kappa shape index (κ2) is 5.57. The molecule has 2 aromatic heterocycles. The van der Waals surface area contributed by atoms with Crippen LogP contribution in [0.2, 0.25) is 0 Å². The van der Waals surface area contributed by atoms with E-state index in [9.17, 15) is 8.42 Å². The van der Waals surface area contributed by atoms with E-state index in [0.717, 1.165) is 11.4 Å². The summed E-state index contributed by atoms with van der Waals surface area (Å²) in [6.07, 6.45) is 6.89. The minimum atomic E-state index is -3.50. The molecule has 1 aromatic carbocycles. The number of hydrogen-bond donors (Lipinski definition) is 1. The molecule has 120 valence electrons. The molecule has 1 aliphatic heterocycles. The van der Waals surface area contributed by atoms with E-state index < -0.39 is 10.0 Å². The smallest absolute Gasteiger partial charge is 0.263 e. The molecule has 0 bridgehead atoms. The highest BCUT2D eigenvalue weighted by Crippen LogP contribution is 2.22. The molecule has 0 amide bonds.